The van der Waals surface area contributed by atoms with E-state index in [-0.39, 0.29) is 0 Å². The summed E-state index contributed by atoms with van der Waals surface area (Å²) in [6, 6.07) is 128. The molecule has 94 heavy (non-hydrogen) atoms. The molecule has 2 heterocycles. The normalized spacial score (nSPS) is 11.5. The summed E-state index contributed by atoms with van der Waals surface area (Å²) in [5.74, 6) is 0. The first kappa shape index (κ1) is 55.8. The van der Waals surface area contributed by atoms with Crippen molar-refractivity contribution in [3.05, 3.63) is 352 Å². The van der Waals surface area contributed by atoms with Crippen LogP contribution in [0.1, 0.15) is 0 Å². The summed E-state index contributed by atoms with van der Waals surface area (Å²) >= 11 is 0. The summed E-state index contributed by atoms with van der Waals surface area (Å²) in [6.45, 7) is 0. The van der Waals surface area contributed by atoms with E-state index in [1.54, 1.807) is 0 Å². The third-order valence-corrected chi connectivity index (χ3v) is 19.2. The highest BCUT2D eigenvalue weighted by Crippen LogP contribution is 2.42. The molecule has 0 unspecified atom stereocenters. The molecule has 444 valence electrons. The van der Waals surface area contributed by atoms with Crippen LogP contribution in [0.4, 0.5) is 22.7 Å². The van der Waals surface area contributed by atoms with E-state index < -0.39 is 0 Å². The molecule has 0 radical (unpaired) electrons. The Balaban J connectivity index is 0.000000143. The number of benzene rings is 16. The molecule has 18 rings (SSSR count). The van der Waals surface area contributed by atoms with Crippen molar-refractivity contribution >= 4 is 109 Å². The van der Waals surface area contributed by atoms with Gasteiger partial charge in [0.2, 0.25) is 0 Å². The van der Waals surface area contributed by atoms with E-state index >= 15 is 0 Å². The van der Waals surface area contributed by atoms with Crippen molar-refractivity contribution in [2.24, 2.45) is 0 Å². The lowest BCUT2D eigenvalue weighted by Crippen LogP contribution is -2.09. The number of anilines is 4. The van der Waals surface area contributed by atoms with Crippen LogP contribution >= 0.6 is 0 Å². The fraction of sp³-hybridized carbons (Fsp3) is 0.0222. The predicted molar refractivity (Wildman–Crippen MR) is 402 cm³/mol. The Hall–Kier alpha value is -12.2. The summed E-state index contributed by atoms with van der Waals surface area (Å²) in [6.07, 6.45) is 0. The zero-order valence-electron chi connectivity index (χ0n) is 52.3. The number of para-hydroxylation sites is 2. The van der Waals surface area contributed by atoms with Gasteiger partial charge in [-0.3, -0.25) is 0 Å². The van der Waals surface area contributed by atoms with E-state index in [0.29, 0.717) is 0 Å². The van der Waals surface area contributed by atoms with Crippen LogP contribution < -0.4 is 9.80 Å². The Morgan fingerprint density at radius 3 is 0.872 bits per heavy atom. The SMILES string of the molecule is CN(c1ccccc1)c1ccc(-n2c3ccc(-c4ccc5ccccc5c4)cc3c3cc(-c4ccc5ccccc5c4)ccc32)cc1.CN(c1ccccc1)c1ccc(-n2c3ccc(-c4cccc5ccccc45)cc3c3cc(-c4cccc5ccccc45)ccc32)cc1. The van der Waals surface area contributed by atoms with Crippen LogP contribution in [0.15, 0.2) is 352 Å². The minimum atomic E-state index is 1.14. The molecule has 0 spiro atoms. The third kappa shape index (κ3) is 10.1. The van der Waals surface area contributed by atoms with Crippen molar-refractivity contribution in [1.82, 2.24) is 9.13 Å². The number of hydrogen-bond acceptors (Lipinski definition) is 2. The van der Waals surface area contributed by atoms with Gasteiger partial charge in [0.15, 0.2) is 0 Å². The topological polar surface area (TPSA) is 16.3 Å². The molecule has 0 amide bonds. The highest BCUT2D eigenvalue weighted by atomic mass is 15.1. The highest BCUT2D eigenvalue weighted by molar-refractivity contribution is 6.14. The fourth-order valence-electron chi connectivity index (χ4n) is 14.2. The molecule has 0 fully saturated rings. The third-order valence-electron chi connectivity index (χ3n) is 19.2. The minimum Gasteiger partial charge on any atom is -0.345 e. The molecule has 4 nitrogen and oxygen atoms in total. The molecule has 0 N–H and O–H groups in total. The Bertz CT molecular complexity index is 5600. The largest absolute Gasteiger partial charge is 0.345 e. The smallest absolute Gasteiger partial charge is 0.0541 e. The first-order valence-corrected chi connectivity index (χ1v) is 32.3. The quantitative estimate of drug-likeness (QED) is 0.136. The second kappa shape index (κ2) is 23.5. The first-order chi connectivity index (χ1) is 46.4. The number of rotatable bonds is 10. The van der Waals surface area contributed by atoms with Gasteiger partial charge in [-0.25, -0.2) is 0 Å². The predicted octanol–water partition coefficient (Wildman–Crippen LogP) is 24.4. The van der Waals surface area contributed by atoms with Crippen molar-refractivity contribution < 1.29 is 0 Å². The lowest BCUT2D eigenvalue weighted by molar-refractivity contribution is 1.16. The molecule has 0 aliphatic rings. The van der Waals surface area contributed by atoms with Gasteiger partial charge in [-0.2, -0.15) is 0 Å². The minimum absolute atomic E-state index is 1.14. The van der Waals surface area contributed by atoms with Gasteiger partial charge in [-0.05, 0) is 221 Å². The van der Waals surface area contributed by atoms with E-state index in [4.69, 9.17) is 0 Å². The molecule has 2 aromatic heterocycles. The van der Waals surface area contributed by atoms with E-state index in [2.05, 4.69) is 385 Å². The van der Waals surface area contributed by atoms with Crippen LogP contribution in [0.25, 0.3) is 143 Å². The lowest BCUT2D eigenvalue weighted by atomic mass is 9.95. The number of nitrogens with zero attached hydrogens (tertiary/aromatic N) is 4. The fourth-order valence-corrected chi connectivity index (χ4v) is 14.2. The zero-order chi connectivity index (χ0) is 62.6. The Labute approximate surface area is 546 Å². The molecule has 0 atom stereocenters. The van der Waals surface area contributed by atoms with E-state index in [1.807, 2.05) is 0 Å². The van der Waals surface area contributed by atoms with E-state index in [0.717, 1.165) is 22.7 Å². The summed E-state index contributed by atoms with van der Waals surface area (Å²) in [4.78, 5) is 4.45. The number of aromatic nitrogens is 2. The van der Waals surface area contributed by atoms with Gasteiger partial charge in [0, 0.05) is 69.8 Å². The molecule has 0 saturated carbocycles. The van der Waals surface area contributed by atoms with Gasteiger partial charge in [-0.1, -0.05) is 218 Å². The molecular weight excluding hydrogens is 1140 g/mol. The maximum atomic E-state index is 2.41. The summed E-state index contributed by atoms with van der Waals surface area (Å²) in [5, 5.41) is 15.1. The van der Waals surface area contributed by atoms with E-state index in [9.17, 15) is 0 Å². The Morgan fingerprint density at radius 2 is 0.479 bits per heavy atom. The van der Waals surface area contributed by atoms with Crippen molar-refractivity contribution in [2.75, 3.05) is 23.9 Å². The number of fused-ring (bicyclic) bond motifs is 10. The molecule has 18 aromatic rings. The Morgan fingerprint density at radius 1 is 0.191 bits per heavy atom. The van der Waals surface area contributed by atoms with Gasteiger partial charge >= 0.3 is 0 Å². The van der Waals surface area contributed by atoms with Crippen LogP contribution in [0.5, 0.6) is 0 Å². The molecule has 16 aromatic carbocycles. The monoisotopic (exact) mass is 1200 g/mol. The summed E-state index contributed by atoms with van der Waals surface area (Å²) in [5.41, 5.74) is 21.6. The molecular formula is C90H64N4. The molecule has 0 bridgehead atoms. The first-order valence-electron chi connectivity index (χ1n) is 32.3. The van der Waals surface area contributed by atoms with Crippen LogP contribution in [0.2, 0.25) is 0 Å². The standard InChI is InChI=1S/2C45H32N2/c1-46(35-15-3-2-4-16-35)36-23-25-37(26-24-36)47-44-27-21-33(40-19-9-13-31-11-5-7-17-38(31)40)29-42(44)43-30-34(22-28-45(43)47)41-20-10-14-32-12-6-8-18-39(32)41;1-46(39-13-3-2-4-14-39)40-21-23-41(24-22-40)47-44-25-19-37(35-17-15-31-9-5-7-11-33(31)27-35)29-42(44)43-30-38(20-26-45(43)47)36-18-16-32-10-6-8-12-34(32)28-36/h2*2-30H,1H3. The van der Waals surface area contributed by atoms with Crippen LogP contribution in [-0.2, 0) is 0 Å². The molecule has 0 aliphatic carbocycles. The van der Waals surface area contributed by atoms with Crippen molar-refractivity contribution in [2.45, 2.75) is 0 Å². The van der Waals surface area contributed by atoms with Gasteiger partial charge in [0.05, 0.1) is 22.1 Å². The van der Waals surface area contributed by atoms with Crippen LogP contribution in [0.3, 0.4) is 0 Å². The zero-order valence-corrected chi connectivity index (χ0v) is 52.3. The van der Waals surface area contributed by atoms with Crippen molar-refractivity contribution in [3.63, 3.8) is 0 Å². The van der Waals surface area contributed by atoms with Gasteiger partial charge in [0.1, 0.15) is 0 Å². The number of hydrogen-bond donors (Lipinski definition) is 0. The second-order valence-electron chi connectivity index (χ2n) is 24.6. The van der Waals surface area contributed by atoms with Crippen LogP contribution in [0, 0.1) is 0 Å². The maximum absolute atomic E-state index is 2.41. The lowest BCUT2D eigenvalue weighted by Gasteiger charge is -2.20. The van der Waals surface area contributed by atoms with Gasteiger partial charge in [0.25, 0.3) is 0 Å². The average Bonchev–Trinajstić information content (AvgIpc) is 1.59. The molecule has 0 saturated heterocycles. The van der Waals surface area contributed by atoms with Crippen molar-refractivity contribution in [3.8, 4) is 55.9 Å². The van der Waals surface area contributed by atoms with Gasteiger partial charge in [-0.15, -0.1) is 0 Å². The van der Waals surface area contributed by atoms with Crippen LogP contribution in [-0.4, -0.2) is 23.2 Å². The molecule has 0 aliphatic heterocycles. The summed E-state index contributed by atoms with van der Waals surface area (Å²) in [7, 11) is 4.24. The second-order valence-corrected chi connectivity index (χ2v) is 24.6. The van der Waals surface area contributed by atoms with Gasteiger partial charge < -0.3 is 18.9 Å². The Kier molecular flexibility index (Phi) is 14.0. The average molecular weight is 1200 g/mol. The molecule has 4 heteroatoms. The highest BCUT2D eigenvalue weighted by Gasteiger charge is 2.19. The van der Waals surface area contributed by atoms with E-state index in [1.165, 1.54) is 143 Å². The summed E-state index contributed by atoms with van der Waals surface area (Å²) < 4.78 is 4.82. The maximum Gasteiger partial charge on any atom is 0.0541 e. The van der Waals surface area contributed by atoms with Crippen molar-refractivity contribution in [1.29, 1.82) is 0 Å².